The third kappa shape index (κ3) is 5.70. The van der Waals surface area contributed by atoms with Gasteiger partial charge in [0.1, 0.15) is 18.2 Å². The van der Waals surface area contributed by atoms with Gasteiger partial charge in [-0.25, -0.2) is 4.98 Å². The van der Waals surface area contributed by atoms with E-state index in [9.17, 15) is 9.59 Å². The predicted molar refractivity (Wildman–Crippen MR) is 140 cm³/mol. The van der Waals surface area contributed by atoms with Crippen molar-refractivity contribution < 1.29 is 9.59 Å². The Morgan fingerprint density at radius 3 is 2.69 bits per heavy atom. The fourth-order valence-electron chi connectivity index (χ4n) is 4.60. The van der Waals surface area contributed by atoms with E-state index in [0.29, 0.717) is 25.7 Å². The zero-order valence-corrected chi connectivity index (χ0v) is 21.1. The fraction of sp³-hybridized carbons (Fsp3) is 0.407. The van der Waals surface area contributed by atoms with Crippen molar-refractivity contribution in [1.29, 1.82) is 0 Å². The first-order valence-electron chi connectivity index (χ1n) is 12.0. The summed E-state index contributed by atoms with van der Waals surface area (Å²) in [4.78, 5) is 34.7. The summed E-state index contributed by atoms with van der Waals surface area (Å²) < 4.78 is 0. The highest BCUT2D eigenvalue weighted by Crippen LogP contribution is 2.26. The van der Waals surface area contributed by atoms with Crippen molar-refractivity contribution in [3.8, 4) is 0 Å². The maximum Gasteiger partial charge on any atom is 0.245 e. The first-order chi connectivity index (χ1) is 16.7. The number of amides is 1. The van der Waals surface area contributed by atoms with Gasteiger partial charge in [0.2, 0.25) is 5.91 Å². The Bertz CT molecular complexity index is 1240. The van der Waals surface area contributed by atoms with Crippen LogP contribution in [0.15, 0.2) is 41.5 Å². The molecule has 0 bridgehead atoms. The Hall–Kier alpha value is -3.68. The second-order valence-corrected chi connectivity index (χ2v) is 9.63. The van der Waals surface area contributed by atoms with Crippen molar-refractivity contribution in [2.75, 3.05) is 26.0 Å². The highest BCUT2D eigenvalue weighted by atomic mass is 16.2. The quantitative estimate of drug-likeness (QED) is 0.465. The number of imidazole rings is 1. The molecule has 1 aromatic heterocycles. The van der Waals surface area contributed by atoms with Gasteiger partial charge in [-0.3, -0.25) is 9.80 Å². The molecule has 184 valence electrons. The van der Waals surface area contributed by atoms with Crippen LogP contribution in [0, 0.1) is 13.8 Å². The molecule has 1 amide bonds. The number of likely N-dealkylation sites (N-methyl/N-ethyl adjacent to an activating group) is 1. The monoisotopic (exact) mass is 474 g/mol. The number of carbonyl (C=O) groups is 2. The molecule has 1 unspecified atom stereocenters. The first kappa shape index (κ1) is 24.4. The lowest BCUT2D eigenvalue weighted by molar-refractivity contribution is -0.127. The van der Waals surface area contributed by atoms with Gasteiger partial charge in [-0.1, -0.05) is 29.8 Å². The molecule has 1 aliphatic heterocycles. The van der Waals surface area contributed by atoms with Gasteiger partial charge in [-0.15, -0.1) is 0 Å². The summed E-state index contributed by atoms with van der Waals surface area (Å²) in [5, 5.41) is 9.23. The molecule has 0 saturated carbocycles. The minimum absolute atomic E-state index is 0.167. The van der Waals surface area contributed by atoms with Crippen LogP contribution in [-0.4, -0.2) is 66.1 Å². The Kier molecular flexibility index (Phi) is 7.19. The van der Waals surface area contributed by atoms with Crippen molar-refractivity contribution in [1.82, 2.24) is 20.3 Å². The number of anilines is 1. The third-order valence-corrected chi connectivity index (χ3v) is 6.51. The number of aromatic amines is 1. The smallest absolute Gasteiger partial charge is 0.245 e. The summed E-state index contributed by atoms with van der Waals surface area (Å²) >= 11 is 0. The Labute approximate surface area is 206 Å². The molecule has 8 heteroatoms. The number of hydrazone groups is 1. The van der Waals surface area contributed by atoms with Gasteiger partial charge in [0.15, 0.2) is 0 Å². The number of fused-ring (bicyclic) bond motifs is 1. The molecule has 35 heavy (non-hydrogen) atoms. The van der Waals surface area contributed by atoms with E-state index in [4.69, 9.17) is 0 Å². The number of hydrogen-bond acceptors (Lipinski definition) is 6. The molecule has 0 fully saturated rings. The van der Waals surface area contributed by atoms with E-state index in [0.717, 1.165) is 40.1 Å². The fourth-order valence-corrected chi connectivity index (χ4v) is 4.60. The minimum Gasteiger partial charge on any atom is -0.377 e. The standard InChI is InChI=1S/C27H34N6O2/c1-17-6-8-19(9-7-17)12-22-14-26(33(5)31-22)27(35)30-21(16-34)11-10-20-13-23-24(29-18(2)28-23)15-25(20)32(3)4/h6-9,13,15-16,21,26H,10-12,14H2,1-5H3,(H,28,29)(H,30,35)/t21-,26?/m0/s1. The topological polar surface area (TPSA) is 93.7 Å². The Balaban J connectivity index is 1.37. The highest BCUT2D eigenvalue weighted by molar-refractivity contribution is 5.95. The largest absolute Gasteiger partial charge is 0.377 e. The summed E-state index contributed by atoms with van der Waals surface area (Å²) in [7, 11) is 5.80. The van der Waals surface area contributed by atoms with E-state index >= 15 is 0 Å². The van der Waals surface area contributed by atoms with Gasteiger partial charge in [0, 0.05) is 45.4 Å². The van der Waals surface area contributed by atoms with E-state index in [1.807, 2.05) is 33.0 Å². The van der Waals surface area contributed by atoms with E-state index in [1.165, 1.54) is 11.1 Å². The zero-order valence-electron chi connectivity index (χ0n) is 21.1. The minimum atomic E-state index is -0.564. The summed E-state index contributed by atoms with van der Waals surface area (Å²) in [6, 6.07) is 11.5. The normalized spacial score (nSPS) is 16.3. The molecule has 0 spiro atoms. The molecule has 4 rings (SSSR count). The van der Waals surface area contributed by atoms with Crippen LogP contribution in [0.4, 0.5) is 5.69 Å². The van der Waals surface area contributed by atoms with Crippen molar-refractivity contribution in [2.45, 2.75) is 51.6 Å². The van der Waals surface area contributed by atoms with Gasteiger partial charge >= 0.3 is 0 Å². The number of carbonyl (C=O) groups excluding carboxylic acids is 2. The number of nitrogens with zero attached hydrogens (tertiary/aromatic N) is 4. The van der Waals surface area contributed by atoms with Gasteiger partial charge in [-0.2, -0.15) is 5.10 Å². The number of nitrogens with one attached hydrogen (secondary N) is 2. The molecule has 0 radical (unpaired) electrons. The van der Waals surface area contributed by atoms with Crippen LogP contribution in [0.1, 0.15) is 35.4 Å². The molecule has 1 aliphatic rings. The SMILES string of the molecule is Cc1ccc(CC2=NN(C)C(C(=O)N[C@H](C=O)CCc3cc4[nH]c(C)nc4cc3N(C)C)C2)cc1. The summed E-state index contributed by atoms with van der Waals surface area (Å²) in [5.74, 6) is 0.698. The maximum atomic E-state index is 13.0. The highest BCUT2D eigenvalue weighted by Gasteiger charge is 2.31. The summed E-state index contributed by atoms with van der Waals surface area (Å²) in [5.41, 5.74) is 7.42. The lowest BCUT2D eigenvalue weighted by atomic mass is 10.0. The van der Waals surface area contributed by atoms with Crippen LogP contribution >= 0.6 is 0 Å². The Morgan fingerprint density at radius 1 is 1.26 bits per heavy atom. The lowest BCUT2D eigenvalue weighted by Crippen LogP contribution is -2.46. The maximum absolute atomic E-state index is 13.0. The first-order valence-corrected chi connectivity index (χ1v) is 12.0. The molecular formula is C27H34N6O2. The molecular weight excluding hydrogens is 440 g/mol. The summed E-state index contributed by atoms with van der Waals surface area (Å²) in [6.45, 7) is 4.00. The molecule has 0 aliphatic carbocycles. The molecule has 2 aromatic carbocycles. The average Bonchev–Trinajstić information content (AvgIpc) is 3.37. The van der Waals surface area contributed by atoms with Gasteiger partial charge < -0.3 is 20.0 Å². The molecule has 2 atom stereocenters. The van der Waals surface area contributed by atoms with Gasteiger partial charge in [0.05, 0.1) is 17.1 Å². The number of aromatic nitrogens is 2. The Morgan fingerprint density at radius 2 is 2.00 bits per heavy atom. The van der Waals surface area contributed by atoms with Crippen LogP contribution in [0.5, 0.6) is 0 Å². The van der Waals surface area contributed by atoms with Crippen LogP contribution in [0.3, 0.4) is 0 Å². The van der Waals surface area contributed by atoms with E-state index in [-0.39, 0.29) is 5.91 Å². The second kappa shape index (κ2) is 10.3. The third-order valence-electron chi connectivity index (χ3n) is 6.51. The van der Waals surface area contributed by atoms with Gasteiger partial charge in [-0.05, 0) is 49.9 Å². The molecule has 0 saturated heterocycles. The van der Waals surface area contributed by atoms with Crippen LogP contribution in [0.25, 0.3) is 11.0 Å². The number of aldehydes is 1. The number of benzene rings is 2. The van der Waals surface area contributed by atoms with Crippen molar-refractivity contribution in [2.24, 2.45) is 5.10 Å². The van der Waals surface area contributed by atoms with Crippen molar-refractivity contribution in [3.63, 3.8) is 0 Å². The average molecular weight is 475 g/mol. The zero-order chi connectivity index (χ0) is 25.1. The van der Waals surface area contributed by atoms with Crippen LogP contribution in [0.2, 0.25) is 0 Å². The van der Waals surface area contributed by atoms with Crippen LogP contribution < -0.4 is 10.2 Å². The molecule has 3 aromatic rings. The van der Waals surface area contributed by atoms with E-state index in [1.54, 1.807) is 5.01 Å². The number of aryl methyl sites for hydroxylation is 3. The summed E-state index contributed by atoms with van der Waals surface area (Å²) in [6.07, 6.45) is 3.27. The van der Waals surface area contributed by atoms with Crippen molar-refractivity contribution >= 4 is 34.6 Å². The van der Waals surface area contributed by atoms with Crippen LogP contribution in [-0.2, 0) is 22.4 Å². The number of rotatable bonds is 9. The van der Waals surface area contributed by atoms with E-state index in [2.05, 4.69) is 63.7 Å². The predicted octanol–water partition coefficient (Wildman–Crippen LogP) is 3.16. The van der Waals surface area contributed by atoms with E-state index < -0.39 is 12.1 Å². The molecule has 2 N–H and O–H groups in total. The number of H-pyrrole nitrogens is 1. The van der Waals surface area contributed by atoms with Crippen molar-refractivity contribution in [3.05, 3.63) is 58.9 Å². The molecule has 8 nitrogen and oxygen atoms in total. The molecule has 2 heterocycles. The number of hydrogen-bond donors (Lipinski definition) is 2. The second-order valence-electron chi connectivity index (χ2n) is 9.63. The lowest BCUT2D eigenvalue weighted by Gasteiger charge is -2.22. The van der Waals surface area contributed by atoms with Gasteiger partial charge in [0.25, 0.3) is 0 Å².